The van der Waals surface area contributed by atoms with Crippen molar-refractivity contribution >= 4 is 17.6 Å². The Morgan fingerprint density at radius 1 is 1.30 bits per heavy atom. The Hall–Kier alpha value is -2.53. The molecule has 1 aromatic carbocycles. The van der Waals surface area contributed by atoms with Gasteiger partial charge in [0.2, 0.25) is 0 Å². The third kappa shape index (κ3) is 3.65. The molecule has 0 saturated carbocycles. The maximum Gasteiger partial charge on any atom is 0.328 e. The van der Waals surface area contributed by atoms with Crippen molar-refractivity contribution < 1.29 is 13.9 Å². The molecule has 1 fully saturated rings. The summed E-state index contributed by atoms with van der Waals surface area (Å²) in [6, 6.07) is 6.64. The molecule has 0 bridgehead atoms. The Morgan fingerprint density at radius 2 is 2.15 bits per heavy atom. The maximum atomic E-state index is 14.0. The van der Waals surface area contributed by atoms with Crippen LogP contribution in [0.25, 0.3) is 0 Å². The number of likely N-dealkylation sites (tertiary alicyclic amines) is 1. The molecule has 6 heteroatoms. The fraction of sp³-hybridized carbons (Fsp3) is 0.286. The molecule has 1 aromatic rings. The van der Waals surface area contributed by atoms with E-state index in [4.69, 9.17) is 16.3 Å². The van der Waals surface area contributed by atoms with E-state index in [1.807, 2.05) is 18.2 Å². The quantitative estimate of drug-likeness (QED) is 0.697. The molecular weight excluding hydrogens is 367 g/mol. The fourth-order valence-corrected chi connectivity index (χ4v) is 3.95. The predicted octanol–water partition coefficient (Wildman–Crippen LogP) is 5.22. The fourth-order valence-electron chi connectivity index (χ4n) is 3.67. The minimum Gasteiger partial charge on any atom is -0.462 e. The SMILES string of the molecule is O=C(N1C=COC(C2=C(Cl)C=CCC2)=C1)N1CCC(c2ccccc2F)C1. The number of allylic oxidation sites excluding steroid dienone is 4. The van der Waals surface area contributed by atoms with Crippen LogP contribution in [0.2, 0.25) is 0 Å². The van der Waals surface area contributed by atoms with Crippen LogP contribution in [-0.2, 0) is 4.74 Å². The van der Waals surface area contributed by atoms with Gasteiger partial charge < -0.3 is 9.64 Å². The van der Waals surface area contributed by atoms with Gasteiger partial charge in [-0.2, -0.15) is 0 Å². The third-order valence-electron chi connectivity index (χ3n) is 5.11. The Morgan fingerprint density at radius 3 is 2.96 bits per heavy atom. The summed E-state index contributed by atoms with van der Waals surface area (Å²) in [4.78, 5) is 16.2. The van der Waals surface area contributed by atoms with Crippen LogP contribution >= 0.6 is 11.6 Å². The van der Waals surface area contributed by atoms with Crippen LogP contribution in [0.3, 0.4) is 0 Å². The van der Waals surface area contributed by atoms with Crippen LogP contribution in [0.15, 0.2) is 71.4 Å². The van der Waals surface area contributed by atoms with E-state index in [1.54, 1.807) is 29.4 Å². The maximum absolute atomic E-state index is 14.0. The monoisotopic (exact) mass is 386 g/mol. The molecule has 2 aliphatic heterocycles. The van der Waals surface area contributed by atoms with Crippen molar-refractivity contribution in [3.8, 4) is 0 Å². The lowest BCUT2D eigenvalue weighted by molar-refractivity contribution is 0.185. The van der Waals surface area contributed by atoms with Crippen molar-refractivity contribution in [2.75, 3.05) is 13.1 Å². The zero-order valence-electron chi connectivity index (χ0n) is 14.8. The Kier molecular flexibility index (Phi) is 5.03. The number of carbonyl (C=O) groups excluding carboxylic acids is 1. The topological polar surface area (TPSA) is 32.8 Å². The second-order valence-electron chi connectivity index (χ2n) is 6.81. The molecule has 2 heterocycles. The number of benzene rings is 1. The van der Waals surface area contributed by atoms with Gasteiger partial charge in [0.05, 0.1) is 6.20 Å². The summed E-state index contributed by atoms with van der Waals surface area (Å²) in [5.41, 5.74) is 1.57. The Bertz CT molecular complexity index is 875. The molecule has 1 atom stereocenters. The second kappa shape index (κ2) is 7.61. The van der Waals surface area contributed by atoms with E-state index in [0.717, 1.165) is 24.8 Å². The highest BCUT2D eigenvalue weighted by atomic mass is 35.5. The summed E-state index contributed by atoms with van der Waals surface area (Å²) in [7, 11) is 0. The van der Waals surface area contributed by atoms with Crippen molar-refractivity contribution in [1.82, 2.24) is 9.80 Å². The van der Waals surface area contributed by atoms with E-state index >= 15 is 0 Å². The van der Waals surface area contributed by atoms with Gasteiger partial charge in [0.1, 0.15) is 17.8 Å². The number of carbonyl (C=O) groups is 1. The zero-order chi connectivity index (χ0) is 18.8. The molecule has 3 aliphatic rings. The van der Waals surface area contributed by atoms with E-state index in [2.05, 4.69) is 0 Å². The van der Waals surface area contributed by atoms with Gasteiger partial charge >= 0.3 is 6.03 Å². The standard InChI is InChI=1S/C21H20ClFN2O2/c22-18-7-3-1-6-17(18)20-14-25(11-12-27-20)21(26)24-10-9-15(13-24)16-5-2-4-8-19(16)23/h2-5,7-8,11-12,14-15H,1,6,9-10,13H2. The van der Waals surface area contributed by atoms with Crippen molar-refractivity contribution in [1.29, 1.82) is 0 Å². The van der Waals surface area contributed by atoms with E-state index < -0.39 is 0 Å². The van der Waals surface area contributed by atoms with Gasteiger partial charge in [-0.15, -0.1) is 0 Å². The lowest BCUT2D eigenvalue weighted by atomic mass is 9.98. The first kappa shape index (κ1) is 17.9. The lowest BCUT2D eigenvalue weighted by Gasteiger charge is -2.26. The molecule has 2 amide bonds. The van der Waals surface area contributed by atoms with E-state index in [0.29, 0.717) is 29.4 Å². The number of hydrogen-bond donors (Lipinski definition) is 0. The molecule has 1 aliphatic carbocycles. The first-order chi connectivity index (χ1) is 13.1. The van der Waals surface area contributed by atoms with E-state index in [1.165, 1.54) is 17.2 Å². The summed E-state index contributed by atoms with van der Waals surface area (Å²) < 4.78 is 19.6. The van der Waals surface area contributed by atoms with Gasteiger partial charge in [-0.1, -0.05) is 35.9 Å². The molecule has 4 nitrogen and oxygen atoms in total. The molecule has 27 heavy (non-hydrogen) atoms. The number of rotatable bonds is 2. The highest BCUT2D eigenvalue weighted by Crippen LogP contribution is 2.32. The van der Waals surface area contributed by atoms with Crippen molar-refractivity contribution in [2.24, 2.45) is 0 Å². The summed E-state index contributed by atoms with van der Waals surface area (Å²) >= 11 is 6.27. The van der Waals surface area contributed by atoms with Crippen LogP contribution in [0.4, 0.5) is 9.18 Å². The number of halogens is 2. The highest BCUT2D eigenvalue weighted by Gasteiger charge is 2.31. The molecule has 0 spiro atoms. The molecule has 1 unspecified atom stereocenters. The van der Waals surface area contributed by atoms with Gasteiger partial charge in [-0.25, -0.2) is 9.18 Å². The summed E-state index contributed by atoms with van der Waals surface area (Å²) in [5.74, 6) is 0.395. The van der Waals surface area contributed by atoms with Crippen molar-refractivity contribution in [2.45, 2.75) is 25.2 Å². The van der Waals surface area contributed by atoms with Gasteiger partial charge in [0, 0.05) is 35.8 Å². The van der Waals surface area contributed by atoms with Gasteiger partial charge in [-0.3, -0.25) is 4.90 Å². The number of hydrogen-bond acceptors (Lipinski definition) is 2. The summed E-state index contributed by atoms with van der Waals surface area (Å²) in [6.45, 7) is 1.10. The minimum absolute atomic E-state index is 0.0178. The zero-order valence-corrected chi connectivity index (χ0v) is 15.5. The van der Waals surface area contributed by atoms with E-state index in [-0.39, 0.29) is 17.8 Å². The average Bonchev–Trinajstić information content (AvgIpc) is 3.18. The number of ether oxygens (including phenoxy) is 1. The highest BCUT2D eigenvalue weighted by molar-refractivity contribution is 6.31. The van der Waals surface area contributed by atoms with Crippen molar-refractivity contribution in [3.63, 3.8) is 0 Å². The molecule has 0 radical (unpaired) electrons. The normalized spacial score (nSPS) is 22.1. The van der Waals surface area contributed by atoms with Crippen LogP contribution in [0, 0.1) is 5.82 Å². The molecule has 0 N–H and O–H groups in total. The molecule has 140 valence electrons. The largest absolute Gasteiger partial charge is 0.462 e. The number of amides is 2. The Labute approximate surface area is 162 Å². The van der Waals surface area contributed by atoms with Gasteiger partial charge in [0.25, 0.3) is 0 Å². The van der Waals surface area contributed by atoms with Gasteiger partial charge in [-0.05, 0) is 37.0 Å². The van der Waals surface area contributed by atoms with Crippen LogP contribution in [0.5, 0.6) is 0 Å². The average molecular weight is 387 g/mol. The van der Waals surface area contributed by atoms with Crippen LogP contribution in [-0.4, -0.2) is 28.9 Å². The smallest absolute Gasteiger partial charge is 0.328 e. The second-order valence-corrected chi connectivity index (χ2v) is 7.21. The molecule has 1 saturated heterocycles. The van der Waals surface area contributed by atoms with Crippen LogP contribution < -0.4 is 0 Å². The first-order valence-corrected chi connectivity index (χ1v) is 9.43. The third-order valence-corrected chi connectivity index (χ3v) is 5.46. The first-order valence-electron chi connectivity index (χ1n) is 9.06. The van der Waals surface area contributed by atoms with Crippen molar-refractivity contribution in [3.05, 3.63) is 82.8 Å². The number of nitrogens with zero attached hydrogens (tertiary/aromatic N) is 2. The Balaban J connectivity index is 1.48. The van der Waals surface area contributed by atoms with Gasteiger partial charge in [0.15, 0.2) is 0 Å². The summed E-state index contributed by atoms with van der Waals surface area (Å²) in [6.07, 6.45) is 11.0. The molecular formula is C21H20ClFN2O2. The van der Waals surface area contributed by atoms with E-state index in [9.17, 15) is 9.18 Å². The molecule has 0 aromatic heterocycles. The molecule has 4 rings (SSSR count). The lowest BCUT2D eigenvalue weighted by Crippen LogP contribution is -2.37. The predicted molar refractivity (Wildman–Crippen MR) is 102 cm³/mol. The minimum atomic E-state index is -0.211. The van der Waals surface area contributed by atoms with Crippen LogP contribution in [0.1, 0.15) is 30.7 Å². The number of urea groups is 1. The summed E-state index contributed by atoms with van der Waals surface area (Å²) in [5, 5.41) is 0.635.